The number of hydrogen-bond donors (Lipinski definition) is 4. The zero-order valence-electron chi connectivity index (χ0n) is 18.1. The molecule has 3 rings (SSSR count). The molecule has 168 valence electrons. The highest BCUT2D eigenvalue weighted by Crippen LogP contribution is 2.41. The van der Waals surface area contributed by atoms with Crippen LogP contribution in [-0.4, -0.2) is 36.7 Å². The van der Waals surface area contributed by atoms with Crippen molar-refractivity contribution in [2.24, 2.45) is 17.2 Å². The monoisotopic (exact) mass is 431 g/mol. The van der Waals surface area contributed by atoms with Gasteiger partial charge >= 0.3 is 0 Å². The highest BCUT2D eigenvalue weighted by molar-refractivity contribution is 6.00. The van der Waals surface area contributed by atoms with Gasteiger partial charge in [-0.3, -0.25) is 22.0 Å². The molecule has 1 unspecified atom stereocenters. The molecule has 2 aromatic carbocycles. The number of carbonyl (C=O) groups is 1. The molecule has 1 aliphatic rings. The average Bonchev–Trinajstić information content (AvgIpc) is 2.69. The normalized spacial score (nSPS) is 16.0. The van der Waals surface area contributed by atoms with Gasteiger partial charge < -0.3 is 24.1 Å². The number of rotatable bonds is 7. The molecule has 9 nitrogen and oxygen atoms in total. The molecule has 1 atom stereocenters. The largest absolute Gasteiger partial charge is 0.493 e. The summed E-state index contributed by atoms with van der Waals surface area (Å²) in [4.78, 5) is 13.0. The summed E-state index contributed by atoms with van der Waals surface area (Å²) in [5.41, 5.74) is 17.9. The molecule has 0 aliphatic carbocycles. The van der Waals surface area contributed by atoms with Crippen LogP contribution in [0.3, 0.4) is 0 Å². The summed E-state index contributed by atoms with van der Waals surface area (Å²) in [5, 5.41) is 10.8. The van der Waals surface area contributed by atoms with E-state index in [9.17, 15) is 9.90 Å². The van der Waals surface area contributed by atoms with Crippen LogP contribution in [0.4, 0.5) is 0 Å². The smallest absolute Gasteiger partial charge is 0.271 e. The van der Waals surface area contributed by atoms with Crippen LogP contribution in [0.2, 0.25) is 0 Å². The molecule has 0 fully saturated rings. The molecule has 0 bridgehead atoms. The van der Waals surface area contributed by atoms with Crippen molar-refractivity contribution >= 4 is 5.78 Å². The van der Waals surface area contributed by atoms with Crippen LogP contribution in [0.1, 0.15) is 47.9 Å². The topological polar surface area (TPSA) is 152 Å². The molecule has 0 saturated heterocycles. The minimum atomic E-state index is -2.00. The van der Waals surface area contributed by atoms with Gasteiger partial charge in [0.15, 0.2) is 17.3 Å². The van der Waals surface area contributed by atoms with Gasteiger partial charge in [0.05, 0.1) is 14.2 Å². The molecule has 1 heterocycles. The number of aliphatic hydroxyl groups excluding tert-OH is 1. The van der Waals surface area contributed by atoms with Crippen molar-refractivity contribution in [1.82, 2.24) is 0 Å². The number of ether oxygens (including phenoxy) is 4. The van der Waals surface area contributed by atoms with Crippen LogP contribution >= 0.6 is 0 Å². The zero-order valence-corrected chi connectivity index (χ0v) is 18.1. The van der Waals surface area contributed by atoms with Crippen LogP contribution in [0.25, 0.3) is 0 Å². The van der Waals surface area contributed by atoms with E-state index in [1.54, 1.807) is 18.2 Å². The van der Waals surface area contributed by atoms with Crippen molar-refractivity contribution in [2.75, 3.05) is 14.2 Å². The Labute approximate surface area is 181 Å². The van der Waals surface area contributed by atoms with Gasteiger partial charge in [-0.1, -0.05) is 0 Å². The van der Waals surface area contributed by atoms with Crippen molar-refractivity contribution in [1.29, 1.82) is 0 Å². The lowest BCUT2D eigenvalue weighted by Crippen LogP contribution is -2.62. The van der Waals surface area contributed by atoms with Crippen LogP contribution < -0.4 is 36.1 Å². The highest BCUT2D eigenvalue weighted by Gasteiger charge is 2.29. The molecule has 2 aromatic rings. The fraction of sp³-hybridized carbons (Fsp3) is 0.409. The first-order valence-electron chi connectivity index (χ1n) is 9.80. The first kappa shape index (κ1) is 22.8. The minimum absolute atomic E-state index is 0.0253. The Kier molecular flexibility index (Phi) is 6.15. The maximum atomic E-state index is 13.0. The van der Waals surface area contributed by atoms with E-state index in [0.717, 1.165) is 24.2 Å². The van der Waals surface area contributed by atoms with Gasteiger partial charge in [0.1, 0.15) is 17.5 Å². The summed E-state index contributed by atoms with van der Waals surface area (Å²) in [5.74, 6) is -1.34. The third kappa shape index (κ3) is 5.08. The van der Waals surface area contributed by atoms with E-state index in [1.165, 1.54) is 26.4 Å². The Bertz CT molecular complexity index is 984. The average molecular weight is 431 g/mol. The van der Waals surface area contributed by atoms with E-state index >= 15 is 0 Å². The molecule has 0 aromatic heterocycles. The van der Waals surface area contributed by atoms with E-state index in [0.29, 0.717) is 5.56 Å². The lowest BCUT2D eigenvalue weighted by atomic mass is 9.91. The molecule has 31 heavy (non-hydrogen) atoms. The standard InChI is InChI=1S/C22H29N3O6/c1-21(2)8-7-12-9-13(5-6-15(12)30-21)18(26)19(27)14-10-16(28-3)20(29-4)17(11-14)31-22(23,24)25/h5-6,9-11,19,27H,7-8,23-25H2,1-4H3. The van der Waals surface area contributed by atoms with Gasteiger partial charge in [-0.25, -0.2) is 0 Å². The predicted octanol–water partition coefficient (Wildman–Crippen LogP) is 1.59. The molecule has 0 radical (unpaired) electrons. The van der Waals surface area contributed by atoms with Gasteiger partial charge in [0.2, 0.25) is 5.75 Å². The Balaban J connectivity index is 1.94. The maximum absolute atomic E-state index is 13.0. The van der Waals surface area contributed by atoms with Crippen LogP contribution in [0.15, 0.2) is 30.3 Å². The van der Waals surface area contributed by atoms with Gasteiger partial charge in [0.25, 0.3) is 5.97 Å². The number of benzene rings is 2. The van der Waals surface area contributed by atoms with Gasteiger partial charge in [-0.05, 0) is 68.1 Å². The Hall–Kier alpha value is -2.85. The number of aryl methyl sites for hydroxylation is 1. The van der Waals surface area contributed by atoms with Crippen molar-refractivity contribution in [3.8, 4) is 23.0 Å². The molecule has 0 saturated carbocycles. The van der Waals surface area contributed by atoms with Gasteiger partial charge in [-0.2, -0.15) is 0 Å². The summed E-state index contributed by atoms with van der Waals surface area (Å²) in [6, 6.07) is 8.00. The third-order valence-corrected chi connectivity index (χ3v) is 5.05. The lowest BCUT2D eigenvalue weighted by Gasteiger charge is -2.32. The summed E-state index contributed by atoms with van der Waals surface area (Å²) in [6.07, 6.45) is 0.110. The number of ketones is 1. The quantitative estimate of drug-likeness (QED) is 0.378. The van der Waals surface area contributed by atoms with E-state index in [-0.39, 0.29) is 28.4 Å². The van der Waals surface area contributed by atoms with Crippen molar-refractivity contribution in [3.63, 3.8) is 0 Å². The highest BCUT2D eigenvalue weighted by atomic mass is 16.6. The molecule has 7 N–H and O–H groups in total. The number of carbonyl (C=O) groups excluding carboxylic acids is 1. The number of nitrogens with two attached hydrogens (primary N) is 3. The van der Waals surface area contributed by atoms with Crippen LogP contribution in [0, 0.1) is 0 Å². The number of hydrogen-bond acceptors (Lipinski definition) is 9. The molecule has 9 heteroatoms. The SMILES string of the molecule is COc1cc(C(O)C(=O)c2ccc3c(c2)CCC(C)(C)O3)cc(OC(N)(N)N)c1OC. The molecular weight excluding hydrogens is 402 g/mol. The van der Waals surface area contributed by atoms with Crippen LogP contribution in [0.5, 0.6) is 23.0 Å². The maximum Gasteiger partial charge on any atom is 0.271 e. The third-order valence-electron chi connectivity index (χ3n) is 5.05. The first-order chi connectivity index (χ1) is 14.4. The van der Waals surface area contributed by atoms with Crippen molar-refractivity contribution < 1.29 is 28.8 Å². The van der Waals surface area contributed by atoms with E-state index in [1.807, 2.05) is 13.8 Å². The summed E-state index contributed by atoms with van der Waals surface area (Å²) < 4.78 is 21.9. The fourth-order valence-electron chi connectivity index (χ4n) is 3.50. The van der Waals surface area contributed by atoms with Crippen molar-refractivity contribution in [2.45, 2.75) is 44.4 Å². The van der Waals surface area contributed by atoms with Crippen molar-refractivity contribution in [3.05, 3.63) is 47.0 Å². The lowest BCUT2D eigenvalue weighted by molar-refractivity contribution is 0.0736. The zero-order chi connectivity index (χ0) is 23.0. The van der Waals surface area contributed by atoms with Crippen LogP contribution in [-0.2, 0) is 6.42 Å². The van der Waals surface area contributed by atoms with Gasteiger partial charge in [-0.15, -0.1) is 0 Å². The number of methoxy groups -OCH3 is 2. The Morgan fingerprint density at radius 1 is 1.13 bits per heavy atom. The minimum Gasteiger partial charge on any atom is -0.493 e. The first-order valence-corrected chi connectivity index (χ1v) is 9.80. The summed E-state index contributed by atoms with van der Waals surface area (Å²) in [6.45, 7) is 4.04. The Morgan fingerprint density at radius 2 is 1.81 bits per heavy atom. The van der Waals surface area contributed by atoms with E-state index < -0.39 is 17.9 Å². The molecular formula is C22H29N3O6. The molecule has 0 amide bonds. The van der Waals surface area contributed by atoms with E-state index in [2.05, 4.69) is 0 Å². The molecule has 1 aliphatic heterocycles. The number of Topliss-reactive ketones (excluding diaryl/α,β-unsaturated/α-hetero) is 1. The van der Waals surface area contributed by atoms with Gasteiger partial charge in [0, 0.05) is 5.56 Å². The van der Waals surface area contributed by atoms with E-state index in [4.69, 9.17) is 36.1 Å². The summed E-state index contributed by atoms with van der Waals surface area (Å²) >= 11 is 0. The second kappa shape index (κ2) is 8.35. The molecule has 0 spiro atoms. The second-order valence-electron chi connectivity index (χ2n) is 8.16. The number of fused-ring (bicyclic) bond motifs is 1. The summed E-state index contributed by atoms with van der Waals surface area (Å²) in [7, 11) is 2.80. The Morgan fingerprint density at radius 3 is 2.42 bits per heavy atom. The second-order valence-corrected chi connectivity index (χ2v) is 8.16. The number of aliphatic hydroxyl groups is 1. The fourth-order valence-corrected chi connectivity index (χ4v) is 3.50. The predicted molar refractivity (Wildman–Crippen MR) is 114 cm³/mol.